The summed E-state index contributed by atoms with van der Waals surface area (Å²) in [7, 11) is -3.06. The van der Waals surface area contributed by atoms with Gasteiger partial charge < -0.3 is 4.90 Å². The highest BCUT2D eigenvalue weighted by atomic mass is 32.2. The van der Waals surface area contributed by atoms with Crippen molar-refractivity contribution in [2.75, 3.05) is 17.3 Å². The van der Waals surface area contributed by atoms with E-state index >= 15 is 0 Å². The third-order valence-electron chi connectivity index (χ3n) is 5.82. The highest BCUT2D eigenvalue weighted by Gasteiger charge is 2.36. The summed E-state index contributed by atoms with van der Waals surface area (Å²) in [5, 5.41) is 1.75. The number of thioether (sulfide) groups is 1. The molecular formula is C23H27N3O3S3. The van der Waals surface area contributed by atoms with Crippen LogP contribution in [0.15, 0.2) is 41.4 Å². The second kappa shape index (κ2) is 9.49. The third kappa shape index (κ3) is 5.00. The molecule has 6 nitrogen and oxygen atoms in total. The fraction of sp³-hybridized carbons (Fsp3) is 0.435. The van der Waals surface area contributed by atoms with Crippen LogP contribution in [0.1, 0.15) is 32.5 Å². The van der Waals surface area contributed by atoms with E-state index in [2.05, 4.69) is 28.2 Å². The zero-order chi connectivity index (χ0) is 22.9. The summed E-state index contributed by atoms with van der Waals surface area (Å²) in [6, 6.07) is 12.0. The van der Waals surface area contributed by atoms with Crippen molar-refractivity contribution < 1.29 is 13.2 Å². The molecule has 1 aromatic carbocycles. The molecule has 170 valence electrons. The molecule has 2 aromatic heterocycles. The van der Waals surface area contributed by atoms with Crippen LogP contribution in [0, 0.1) is 6.92 Å². The van der Waals surface area contributed by atoms with Gasteiger partial charge in [0.2, 0.25) is 5.91 Å². The average Bonchev–Trinajstić information content (AvgIpc) is 3.35. The first-order chi connectivity index (χ1) is 15.3. The van der Waals surface area contributed by atoms with Gasteiger partial charge >= 0.3 is 0 Å². The van der Waals surface area contributed by atoms with E-state index in [9.17, 15) is 13.2 Å². The van der Waals surface area contributed by atoms with Crippen molar-refractivity contribution in [1.82, 2.24) is 14.9 Å². The number of hydrogen-bond donors (Lipinski definition) is 0. The molecule has 32 heavy (non-hydrogen) atoms. The maximum absolute atomic E-state index is 13.2. The van der Waals surface area contributed by atoms with Gasteiger partial charge in [0.25, 0.3) is 0 Å². The first-order valence-corrected chi connectivity index (χ1v) is 14.4. The number of carbonyl (C=O) groups excluding carboxylic acids is 1. The molecule has 1 fully saturated rings. The Morgan fingerprint density at radius 2 is 2.03 bits per heavy atom. The van der Waals surface area contributed by atoms with Gasteiger partial charge in [0.05, 0.1) is 17.3 Å². The molecule has 4 rings (SSSR count). The largest absolute Gasteiger partial charge is 0.335 e. The number of nitrogens with zero attached hydrogens (tertiary/aromatic N) is 3. The number of aromatic nitrogens is 2. The van der Waals surface area contributed by atoms with Crippen LogP contribution in [0.3, 0.4) is 0 Å². The zero-order valence-electron chi connectivity index (χ0n) is 18.4. The Morgan fingerprint density at radius 3 is 2.69 bits per heavy atom. The third-order valence-corrected chi connectivity index (χ3v) is 9.62. The maximum Gasteiger partial charge on any atom is 0.233 e. The van der Waals surface area contributed by atoms with E-state index in [0.717, 1.165) is 32.1 Å². The van der Waals surface area contributed by atoms with Crippen LogP contribution in [0.2, 0.25) is 0 Å². The summed E-state index contributed by atoms with van der Waals surface area (Å²) in [6.45, 7) is 5.88. The van der Waals surface area contributed by atoms with E-state index in [1.54, 1.807) is 16.2 Å². The summed E-state index contributed by atoms with van der Waals surface area (Å²) in [6.07, 6.45) is 1.31. The Balaban J connectivity index is 1.57. The number of hydrogen-bond acceptors (Lipinski definition) is 7. The molecule has 0 spiro atoms. The molecule has 0 unspecified atom stereocenters. The molecule has 1 aliphatic rings. The normalized spacial score (nSPS) is 18.7. The lowest BCUT2D eigenvalue weighted by Crippen LogP contribution is -2.47. The number of sulfone groups is 1. The smallest absolute Gasteiger partial charge is 0.233 e. The Hall–Kier alpha value is -1.97. The van der Waals surface area contributed by atoms with E-state index in [1.165, 1.54) is 11.8 Å². The van der Waals surface area contributed by atoms with Crippen molar-refractivity contribution in [3.05, 3.63) is 42.2 Å². The number of amides is 1. The number of thiophene rings is 1. The molecule has 1 saturated heterocycles. The van der Waals surface area contributed by atoms with Crippen LogP contribution in [0.5, 0.6) is 0 Å². The van der Waals surface area contributed by atoms with Gasteiger partial charge in [0.15, 0.2) is 9.84 Å². The quantitative estimate of drug-likeness (QED) is 0.357. The molecule has 0 N–H and O–H groups in total. The van der Waals surface area contributed by atoms with Crippen molar-refractivity contribution in [3.8, 4) is 10.4 Å². The van der Waals surface area contributed by atoms with Crippen LogP contribution in [0.25, 0.3) is 20.7 Å². The van der Waals surface area contributed by atoms with E-state index in [1.807, 2.05) is 39.0 Å². The standard InChI is InChI=1S/C23H27N3O3S3/c1-4-15(2)26(18-10-11-32(28,29)14-18)21(27)13-30-22-19-12-20(17-8-6-5-7-9-17)31-23(19)25-16(3)24-22/h5-9,12,15,18H,4,10-11,13-14H2,1-3H3/t15-,18+/m1/s1. The van der Waals surface area contributed by atoms with Crippen molar-refractivity contribution in [1.29, 1.82) is 0 Å². The summed E-state index contributed by atoms with van der Waals surface area (Å²) in [5.74, 6) is 1.09. The van der Waals surface area contributed by atoms with E-state index < -0.39 is 9.84 Å². The molecule has 1 aliphatic heterocycles. The van der Waals surface area contributed by atoms with Gasteiger partial charge in [-0.1, -0.05) is 49.0 Å². The Bertz CT molecular complexity index is 1230. The minimum absolute atomic E-state index is 0.000569. The second-order valence-corrected chi connectivity index (χ2v) is 12.4. The van der Waals surface area contributed by atoms with Gasteiger partial charge in [-0.05, 0) is 38.3 Å². The number of carbonyl (C=O) groups is 1. The molecule has 0 saturated carbocycles. The van der Waals surface area contributed by atoms with Crippen LogP contribution in [-0.2, 0) is 14.6 Å². The number of benzene rings is 1. The predicted molar refractivity (Wildman–Crippen MR) is 132 cm³/mol. The monoisotopic (exact) mass is 489 g/mol. The molecule has 0 bridgehead atoms. The van der Waals surface area contributed by atoms with E-state index in [-0.39, 0.29) is 35.2 Å². The topological polar surface area (TPSA) is 80.2 Å². The van der Waals surface area contributed by atoms with Gasteiger partial charge in [-0.25, -0.2) is 18.4 Å². The fourth-order valence-electron chi connectivity index (χ4n) is 4.06. The van der Waals surface area contributed by atoms with Crippen molar-refractivity contribution in [2.45, 2.75) is 50.7 Å². The zero-order valence-corrected chi connectivity index (χ0v) is 20.9. The average molecular weight is 490 g/mol. The summed E-state index contributed by atoms with van der Waals surface area (Å²) >= 11 is 3.03. The summed E-state index contributed by atoms with van der Waals surface area (Å²) in [5.41, 5.74) is 1.13. The number of fused-ring (bicyclic) bond motifs is 1. The lowest BCUT2D eigenvalue weighted by atomic mass is 10.1. The second-order valence-electron chi connectivity index (χ2n) is 8.18. The van der Waals surface area contributed by atoms with Crippen molar-refractivity contribution in [3.63, 3.8) is 0 Å². The van der Waals surface area contributed by atoms with Crippen molar-refractivity contribution in [2.24, 2.45) is 0 Å². The first kappa shape index (κ1) is 23.2. The van der Waals surface area contributed by atoms with Gasteiger partial charge in [0.1, 0.15) is 15.7 Å². The SMILES string of the molecule is CC[C@@H](C)N(C(=O)CSc1nc(C)nc2sc(-c3ccccc3)cc12)[C@H]1CCS(=O)(=O)C1. The lowest BCUT2D eigenvalue weighted by molar-refractivity contribution is -0.132. The van der Waals surface area contributed by atoms with Crippen LogP contribution < -0.4 is 0 Å². The number of aryl methyl sites for hydroxylation is 1. The Kier molecular flexibility index (Phi) is 6.88. The Labute approximate surface area is 197 Å². The van der Waals surface area contributed by atoms with Gasteiger partial charge in [-0.15, -0.1) is 11.3 Å². The molecule has 1 amide bonds. The number of rotatable bonds is 7. The Morgan fingerprint density at radius 1 is 1.28 bits per heavy atom. The van der Waals surface area contributed by atoms with E-state index in [0.29, 0.717) is 12.2 Å². The van der Waals surface area contributed by atoms with Crippen molar-refractivity contribution >= 4 is 49.1 Å². The molecule has 0 radical (unpaired) electrons. The highest BCUT2D eigenvalue weighted by Crippen LogP contribution is 2.37. The summed E-state index contributed by atoms with van der Waals surface area (Å²) in [4.78, 5) is 26.3. The molecule has 9 heteroatoms. The first-order valence-electron chi connectivity index (χ1n) is 10.8. The van der Waals surface area contributed by atoms with Gasteiger partial charge in [-0.3, -0.25) is 4.79 Å². The summed E-state index contributed by atoms with van der Waals surface area (Å²) < 4.78 is 24.0. The lowest BCUT2D eigenvalue weighted by Gasteiger charge is -2.33. The fourth-order valence-corrected chi connectivity index (χ4v) is 7.83. The molecule has 2 atom stereocenters. The van der Waals surface area contributed by atoms with Gasteiger partial charge in [0, 0.05) is 22.3 Å². The maximum atomic E-state index is 13.2. The predicted octanol–water partition coefficient (Wildman–Crippen LogP) is 4.57. The van der Waals surface area contributed by atoms with Crippen LogP contribution >= 0.6 is 23.1 Å². The minimum Gasteiger partial charge on any atom is -0.335 e. The minimum atomic E-state index is -3.06. The van der Waals surface area contributed by atoms with E-state index in [4.69, 9.17) is 0 Å². The molecule has 3 aromatic rings. The molecule has 0 aliphatic carbocycles. The molecular weight excluding hydrogens is 462 g/mol. The van der Waals surface area contributed by atoms with Crippen LogP contribution in [0.4, 0.5) is 0 Å². The molecule has 3 heterocycles. The van der Waals surface area contributed by atoms with Gasteiger partial charge in [-0.2, -0.15) is 0 Å². The van der Waals surface area contributed by atoms with Crippen LogP contribution in [-0.4, -0.2) is 58.5 Å². The highest BCUT2D eigenvalue weighted by molar-refractivity contribution is 8.00.